The van der Waals surface area contributed by atoms with Crippen molar-refractivity contribution in [3.8, 4) is 0 Å². The molecule has 2 aliphatic rings. The number of furan rings is 1. The summed E-state index contributed by atoms with van der Waals surface area (Å²) in [7, 11) is 0.189. The van der Waals surface area contributed by atoms with Gasteiger partial charge >= 0.3 is 0 Å². The number of sulfonamides is 1. The Morgan fingerprint density at radius 2 is 1.77 bits per heavy atom. The lowest BCUT2D eigenvalue weighted by Crippen LogP contribution is -2.47. The molecule has 0 aromatic carbocycles. The van der Waals surface area contributed by atoms with Gasteiger partial charge in [0.15, 0.2) is 0 Å². The van der Waals surface area contributed by atoms with Gasteiger partial charge in [0.05, 0.1) is 17.4 Å². The Bertz CT molecular complexity index is 927. The summed E-state index contributed by atoms with van der Waals surface area (Å²) < 4.78 is 31.1. The highest BCUT2D eigenvalue weighted by Gasteiger charge is 2.27. The molecule has 30 heavy (non-hydrogen) atoms. The first-order valence-electron chi connectivity index (χ1n) is 11.1. The minimum Gasteiger partial charge on any atom is -0.464 e. The Labute approximate surface area is 180 Å². The van der Waals surface area contributed by atoms with Crippen LogP contribution in [0.4, 0.5) is 5.82 Å². The van der Waals surface area contributed by atoms with Crippen LogP contribution in [0.1, 0.15) is 32.1 Å². The van der Waals surface area contributed by atoms with Crippen molar-refractivity contribution in [3.63, 3.8) is 0 Å². The van der Waals surface area contributed by atoms with Crippen molar-refractivity contribution in [2.75, 3.05) is 57.5 Å². The molecule has 0 spiro atoms. The fraction of sp³-hybridized carbons (Fsp3) is 0.682. The van der Waals surface area contributed by atoms with E-state index in [0.29, 0.717) is 11.7 Å². The summed E-state index contributed by atoms with van der Waals surface area (Å²) in [6.07, 6.45) is 9.21. The fourth-order valence-corrected chi connectivity index (χ4v) is 6.04. The van der Waals surface area contributed by atoms with E-state index in [1.807, 2.05) is 18.3 Å². The lowest BCUT2D eigenvalue weighted by molar-refractivity contribution is 0.208. The second kappa shape index (κ2) is 9.24. The maximum absolute atomic E-state index is 12.1. The minimum atomic E-state index is -3.07. The van der Waals surface area contributed by atoms with Crippen molar-refractivity contribution in [1.29, 1.82) is 0 Å². The van der Waals surface area contributed by atoms with E-state index in [9.17, 15) is 8.42 Å². The Kier molecular flexibility index (Phi) is 6.65. The summed E-state index contributed by atoms with van der Waals surface area (Å²) in [5, 5.41) is 1.10. The van der Waals surface area contributed by atoms with Gasteiger partial charge in [0.2, 0.25) is 10.0 Å². The molecule has 0 atom stereocenters. The average molecular weight is 435 g/mol. The molecule has 0 radical (unpaired) electrons. The molecule has 1 aliphatic carbocycles. The van der Waals surface area contributed by atoms with Crippen LogP contribution >= 0.6 is 0 Å². The number of piperazine rings is 1. The topological polar surface area (TPSA) is 69.9 Å². The van der Waals surface area contributed by atoms with Crippen molar-refractivity contribution in [2.45, 2.75) is 32.1 Å². The molecule has 2 fully saturated rings. The maximum Gasteiger partial charge on any atom is 0.213 e. The SMILES string of the molecule is CN(C)S(=O)(=O)CC1CCC(CCN2CCN(c3nccc4occc34)CC2)CC1. The first-order valence-corrected chi connectivity index (χ1v) is 12.7. The third kappa shape index (κ3) is 4.98. The summed E-state index contributed by atoms with van der Waals surface area (Å²) in [6.45, 7) is 5.25. The summed E-state index contributed by atoms with van der Waals surface area (Å²) in [4.78, 5) is 9.52. The van der Waals surface area contributed by atoms with E-state index < -0.39 is 10.0 Å². The van der Waals surface area contributed by atoms with Crippen molar-refractivity contribution in [3.05, 3.63) is 24.6 Å². The van der Waals surface area contributed by atoms with Crippen molar-refractivity contribution < 1.29 is 12.8 Å². The van der Waals surface area contributed by atoms with Gasteiger partial charge in [0.25, 0.3) is 0 Å². The molecule has 7 nitrogen and oxygen atoms in total. The van der Waals surface area contributed by atoms with Gasteiger partial charge in [-0.1, -0.05) is 12.8 Å². The molecule has 1 saturated carbocycles. The lowest BCUT2D eigenvalue weighted by atomic mass is 9.81. The van der Waals surface area contributed by atoms with Gasteiger partial charge in [-0.05, 0) is 49.8 Å². The van der Waals surface area contributed by atoms with Gasteiger partial charge in [-0.3, -0.25) is 4.90 Å². The predicted octanol–water partition coefficient (Wildman–Crippen LogP) is 3.04. The van der Waals surface area contributed by atoms with Crippen LogP contribution < -0.4 is 4.90 Å². The lowest BCUT2D eigenvalue weighted by Gasteiger charge is -2.37. The number of fused-ring (bicyclic) bond motifs is 1. The van der Waals surface area contributed by atoms with Crippen LogP contribution in [0, 0.1) is 11.8 Å². The molecule has 166 valence electrons. The van der Waals surface area contributed by atoms with E-state index in [1.165, 1.54) is 23.6 Å². The number of nitrogens with zero attached hydrogens (tertiary/aromatic N) is 4. The van der Waals surface area contributed by atoms with E-state index in [2.05, 4.69) is 14.8 Å². The molecule has 1 saturated heterocycles. The second-order valence-electron chi connectivity index (χ2n) is 9.03. The standard InChI is InChI=1S/C22H34N4O3S/c1-24(2)30(27,28)17-19-5-3-18(4-6-19)8-11-25-12-14-26(15-13-25)22-20-9-16-29-21(20)7-10-23-22/h7,9-10,16,18-19H,3-6,8,11-15,17H2,1-2H3. The summed E-state index contributed by atoms with van der Waals surface area (Å²) in [5.41, 5.74) is 0.899. The van der Waals surface area contributed by atoms with Gasteiger partial charge in [-0.25, -0.2) is 17.7 Å². The van der Waals surface area contributed by atoms with Crippen LogP contribution in [-0.4, -0.2) is 75.2 Å². The quantitative estimate of drug-likeness (QED) is 0.667. The third-order valence-corrected chi connectivity index (χ3v) is 8.86. The van der Waals surface area contributed by atoms with Gasteiger partial charge in [0.1, 0.15) is 11.4 Å². The maximum atomic E-state index is 12.1. The van der Waals surface area contributed by atoms with E-state index in [0.717, 1.165) is 68.3 Å². The summed E-state index contributed by atoms with van der Waals surface area (Å²) >= 11 is 0. The highest BCUT2D eigenvalue weighted by Crippen LogP contribution is 2.32. The monoisotopic (exact) mass is 434 g/mol. The number of rotatable bonds is 7. The number of hydrogen-bond donors (Lipinski definition) is 0. The highest BCUT2D eigenvalue weighted by molar-refractivity contribution is 7.89. The molecule has 0 unspecified atom stereocenters. The Balaban J connectivity index is 1.19. The smallest absolute Gasteiger partial charge is 0.213 e. The minimum absolute atomic E-state index is 0.312. The number of aromatic nitrogens is 1. The molecule has 0 bridgehead atoms. The zero-order valence-electron chi connectivity index (χ0n) is 18.2. The molecular formula is C22H34N4O3S. The normalized spacial score (nSPS) is 24.0. The molecule has 0 N–H and O–H groups in total. The van der Waals surface area contributed by atoms with Crippen molar-refractivity contribution in [2.24, 2.45) is 11.8 Å². The summed E-state index contributed by atoms with van der Waals surface area (Å²) in [5.74, 6) is 2.41. The molecule has 0 amide bonds. The van der Waals surface area contributed by atoms with Crippen LogP contribution in [0.25, 0.3) is 11.0 Å². The van der Waals surface area contributed by atoms with Gasteiger partial charge < -0.3 is 9.32 Å². The molecule has 4 rings (SSSR count). The second-order valence-corrected chi connectivity index (χ2v) is 11.3. The van der Waals surface area contributed by atoms with Crippen LogP contribution in [0.2, 0.25) is 0 Å². The average Bonchev–Trinajstić information content (AvgIpc) is 3.22. The Hall–Kier alpha value is -1.64. The van der Waals surface area contributed by atoms with E-state index >= 15 is 0 Å². The molecule has 1 aliphatic heterocycles. The van der Waals surface area contributed by atoms with Crippen LogP contribution in [-0.2, 0) is 10.0 Å². The van der Waals surface area contributed by atoms with Crippen molar-refractivity contribution >= 4 is 26.8 Å². The number of hydrogen-bond acceptors (Lipinski definition) is 6. The van der Waals surface area contributed by atoms with Crippen LogP contribution in [0.3, 0.4) is 0 Å². The van der Waals surface area contributed by atoms with Gasteiger partial charge in [-0.15, -0.1) is 0 Å². The van der Waals surface area contributed by atoms with E-state index in [4.69, 9.17) is 4.42 Å². The van der Waals surface area contributed by atoms with Gasteiger partial charge in [0, 0.05) is 46.5 Å². The predicted molar refractivity (Wildman–Crippen MR) is 120 cm³/mol. The van der Waals surface area contributed by atoms with Crippen LogP contribution in [0.15, 0.2) is 29.0 Å². The van der Waals surface area contributed by atoms with Gasteiger partial charge in [-0.2, -0.15) is 0 Å². The zero-order valence-corrected chi connectivity index (χ0v) is 19.0. The highest BCUT2D eigenvalue weighted by atomic mass is 32.2. The van der Waals surface area contributed by atoms with Crippen molar-refractivity contribution in [1.82, 2.24) is 14.2 Å². The summed E-state index contributed by atoms with van der Waals surface area (Å²) in [6, 6.07) is 3.92. The Morgan fingerprint density at radius 3 is 2.47 bits per heavy atom. The molecular weight excluding hydrogens is 400 g/mol. The molecule has 8 heteroatoms. The third-order valence-electron chi connectivity index (χ3n) is 6.85. The largest absolute Gasteiger partial charge is 0.464 e. The Morgan fingerprint density at radius 1 is 1.07 bits per heavy atom. The molecule has 2 aromatic heterocycles. The van der Waals surface area contributed by atoms with Crippen LogP contribution in [0.5, 0.6) is 0 Å². The zero-order chi connectivity index (χ0) is 21.1. The number of pyridine rings is 1. The number of anilines is 1. The molecule has 2 aromatic rings. The first kappa shape index (κ1) is 21.6. The fourth-order valence-electron chi connectivity index (χ4n) is 4.81. The molecule has 3 heterocycles. The first-order chi connectivity index (χ1) is 14.4. The van der Waals surface area contributed by atoms with E-state index in [1.54, 1.807) is 20.4 Å². The van der Waals surface area contributed by atoms with E-state index in [-0.39, 0.29) is 0 Å².